The third-order valence-corrected chi connectivity index (χ3v) is 3.80. The maximum Gasteiger partial charge on any atom is 0.0561 e. The van der Waals surface area contributed by atoms with Crippen molar-refractivity contribution in [2.45, 2.75) is 43.9 Å². The average Bonchev–Trinajstić information content (AvgIpc) is 2.62. The third kappa shape index (κ3) is 1.60. The largest absolute Gasteiger partial charge is 0.393 e. The first kappa shape index (κ1) is 9.43. The lowest BCUT2D eigenvalue weighted by Gasteiger charge is -2.34. The molecule has 1 fully saturated rings. The summed E-state index contributed by atoms with van der Waals surface area (Å²) >= 11 is 0. The summed E-state index contributed by atoms with van der Waals surface area (Å²) in [6.07, 6.45) is 6.11. The monoisotopic (exact) mass is 206 g/mol. The van der Waals surface area contributed by atoms with Crippen molar-refractivity contribution in [3.63, 3.8) is 0 Å². The van der Waals surface area contributed by atoms with Crippen LogP contribution in [0.5, 0.6) is 0 Å². The van der Waals surface area contributed by atoms with Crippen LogP contribution in [-0.2, 0) is 6.42 Å². The van der Waals surface area contributed by atoms with Gasteiger partial charge in [-0.1, -0.05) is 0 Å². The quantitative estimate of drug-likeness (QED) is 0.666. The molecule has 1 saturated carbocycles. The van der Waals surface area contributed by atoms with Crippen molar-refractivity contribution < 1.29 is 5.11 Å². The van der Waals surface area contributed by atoms with E-state index in [0.717, 1.165) is 32.2 Å². The van der Waals surface area contributed by atoms with Gasteiger partial charge in [0.15, 0.2) is 0 Å². The lowest BCUT2D eigenvalue weighted by molar-refractivity contribution is 0.0869. The molecule has 82 valence electrons. The van der Waals surface area contributed by atoms with E-state index < -0.39 is 0 Å². The molecule has 1 aromatic rings. The Labute approximate surface area is 90.1 Å². The van der Waals surface area contributed by atoms with E-state index in [9.17, 15) is 5.11 Å². The SMILES string of the molecule is OC1CCC2NCCc3cccn3C2C1. The first-order valence-corrected chi connectivity index (χ1v) is 5.92. The maximum absolute atomic E-state index is 9.76. The number of hydrogen-bond acceptors (Lipinski definition) is 2. The average molecular weight is 206 g/mol. The molecule has 1 aliphatic carbocycles. The van der Waals surface area contributed by atoms with Crippen LogP contribution in [-0.4, -0.2) is 28.4 Å². The van der Waals surface area contributed by atoms with Gasteiger partial charge in [-0.25, -0.2) is 0 Å². The van der Waals surface area contributed by atoms with Crippen LogP contribution in [0.1, 0.15) is 31.0 Å². The number of hydrogen-bond donors (Lipinski definition) is 2. The van der Waals surface area contributed by atoms with Crippen molar-refractivity contribution in [2.75, 3.05) is 6.54 Å². The number of rotatable bonds is 0. The first-order valence-electron chi connectivity index (χ1n) is 5.92. The molecule has 3 rings (SSSR count). The van der Waals surface area contributed by atoms with Crippen molar-refractivity contribution in [2.24, 2.45) is 0 Å². The Morgan fingerprint density at radius 2 is 2.33 bits per heavy atom. The molecule has 0 radical (unpaired) electrons. The van der Waals surface area contributed by atoms with Gasteiger partial charge in [-0.15, -0.1) is 0 Å². The van der Waals surface area contributed by atoms with Crippen LogP contribution < -0.4 is 5.32 Å². The zero-order valence-corrected chi connectivity index (χ0v) is 8.89. The molecule has 3 heteroatoms. The highest BCUT2D eigenvalue weighted by molar-refractivity contribution is 5.12. The van der Waals surface area contributed by atoms with E-state index >= 15 is 0 Å². The molecule has 3 atom stereocenters. The second kappa shape index (κ2) is 3.65. The number of aliphatic hydroxyl groups is 1. The summed E-state index contributed by atoms with van der Waals surface area (Å²) in [5, 5.41) is 13.4. The van der Waals surface area contributed by atoms with Crippen molar-refractivity contribution in [1.29, 1.82) is 0 Å². The Morgan fingerprint density at radius 3 is 3.27 bits per heavy atom. The number of aliphatic hydroxyl groups excluding tert-OH is 1. The van der Waals surface area contributed by atoms with Gasteiger partial charge < -0.3 is 15.0 Å². The van der Waals surface area contributed by atoms with Crippen molar-refractivity contribution in [3.8, 4) is 0 Å². The zero-order chi connectivity index (χ0) is 10.3. The van der Waals surface area contributed by atoms with Crippen LogP contribution in [0.3, 0.4) is 0 Å². The molecule has 0 amide bonds. The van der Waals surface area contributed by atoms with Gasteiger partial charge in [0.2, 0.25) is 0 Å². The van der Waals surface area contributed by atoms with Gasteiger partial charge in [0, 0.05) is 30.9 Å². The lowest BCUT2D eigenvalue weighted by atomic mass is 9.88. The third-order valence-electron chi connectivity index (χ3n) is 3.80. The van der Waals surface area contributed by atoms with Gasteiger partial charge in [-0.3, -0.25) is 0 Å². The van der Waals surface area contributed by atoms with Gasteiger partial charge in [-0.2, -0.15) is 0 Å². The second-order valence-electron chi connectivity index (χ2n) is 4.75. The van der Waals surface area contributed by atoms with E-state index in [1.165, 1.54) is 5.69 Å². The fourth-order valence-corrected chi connectivity index (χ4v) is 3.02. The minimum absolute atomic E-state index is 0.110. The highest BCUT2D eigenvalue weighted by atomic mass is 16.3. The van der Waals surface area contributed by atoms with E-state index in [-0.39, 0.29) is 6.10 Å². The molecule has 15 heavy (non-hydrogen) atoms. The molecular weight excluding hydrogens is 188 g/mol. The number of nitrogens with one attached hydrogen (secondary N) is 1. The Kier molecular flexibility index (Phi) is 2.29. The van der Waals surface area contributed by atoms with E-state index in [1.807, 2.05) is 0 Å². The number of nitrogens with zero attached hydrogens (tertiary/aromatic N) is 1. The highest BCUT2D eigenvalue weighted by Gasteiger charge is 2.32. The van der Waals surface area contributed by atoms with Crippen LogP contribution in [0, 0.1) is 0 Å². The van der Waals surface area contributed by atoms with Crippen molar-refractivity contribution >= 4 is 0 Å². The topological polar surface area (TPSA) is 37.2 Å². The molecule has 1 aromatic heterocycles. The Bertz CT molecular complexity index is 347. The summed E-state index contributed by atoms with van der Waals surface area (Å²) < 4.78 is 2.37. The van der Waals surface area contributed by atoms with Crippen molar-refractivity contribution in [3.05, 3.63) is 24.0 Å². The molecule has 3 nitrogen and oxygen atoms in total. The molecule has 0 bridgehead atoms. The van der Waals surface area contributed by atoms with Gasteiger partial charge in [0.25, 0.3) is 0 Å². The number of fused-ring (bicyclic) bond motifs is 3. The summed E-state index contributed by atoms with van der Waals surface area (Å²) in [7, 11) is 0. The molecule has 1 aliphatic heterocycles. The van der Waals surface area contributed by atoms with E-state index in [0.29, 0.717) is 12.1 Å². The van der Waals surface area contributed by atoms with Crippen LogP contribution in [0.4, 0.5) is 0 Å². The molecule has 2 aliphatic rings. The molecule has 0 spiro atoms. The van der Waals surface area contributed by atoms with E-state index in [4.69, 9.17) is 0 Å². The van der Waals surface area contributed by atoms with Gasteiger partial charge in [-0.05, 0) is 31.4 Å². The number of aromatic nitrogens is 1. The summed E-state index contributed by atoms with van der Waals surface area (Å²) in [4.78, 5) is 0. The Balaban J connectivity index is 1.94. The predicted molar refractivity (Wildman–Crippen MR) is 58.8 cm³/mol. The molecule has 2 N–H and O–H groups in total. The second-order valence-corrected chi connectivity index (χ2v) is 4.75. The van der Waals surface area contributed by atoms with Gasteiger partial charge >= 0.3 is 0 Å². The van der Waals surface area contributed by atoms with Crippen LogP contribution >= 0.6 is 0 Å². The summed E-state index contributed by atoms with van der Waals surface area (Å²) in [6.45, 7) is 1.07. The predicted octanol–water partition coefficient (Wildman–Crippen LogP) is 1.09. The van der Waals surface area contributed by atoms with Gasteiger partial charge in [0.1, 0.15) is 0 Å². The molecule has 0 aromatic carbocycles. The summed E-state index contributed by atoms with van der Waals surface area (Å²) in [5.74, 6) is 0. The van der Waals surface area contributed by atoms with Crippen LogP contribution in [0.2, 0.25) is 0 Å². The van der Waals surface area contributed by atoms with E-state index in [1.54, 1.807) is 0 Å². The Morgan fingerprint density at radius 1 is 1.40 bits per heavy atom. The molecule has 0 saturated heterocycles. The Hall–Kier alpha value is -0.800. The normalized spacial score (nSPS) is 35.4. The highest BCUT2D eigenvalue weighted by Crippen LogP contribution is 2.31. The summed E-state index contributed by atoms with van der Waals surface area (Å²) in [6, 6.07) is 5.34. The van der Waals surface area contributed by atoms with Crippen LogP contribution in [0.25, 0.3) is 0 Å². The zero-order valence-electron chi connectivity index (χ0n) is 8.89. The minimum Gasteiger partial charge on any atom is -0.393 e. The summed E-state index contributed by atoms with van der Waals surface area (Å²) in [5.41, 5.74) is 1.41. The van der Waals surface area contributed by atoms with E-state index in [2.05, 4.69) is 28.2 Å². The molecule has 2 heterocycles. The smallest absolute Gasteiger partial charge is 0.0561 e. The first-order chi connectivity index (χ1) is 7.34. The fraction of sp³-hybridized carbons (Fsp3) is 0.667. The maximum atomic E-state index is 9.76. The molecular formula is C12H18N2O. The van der Waals surface area contributed by atoms with Crippen LogP contribution in [0.15, 0.2) is 18.3 Å². The fourth-order valence-electron chi connectivity index (χ4n) is 3.02. The van der Waals surface area contributed by atoms with Crippen molar-refractivity contribution in [1.82, 2.24) is 9.88 Å². The van der Waals surface area contributed by atoms with Gasteiger partial charge in [0.05, 0.1) is 12.1 Å². The molecule has 3 unspecified atom stereocenters. The lowest BCUT2D eigenvalue weighted by Crippen LogP contribution is -2.41. The standard InChI is InChI=1S/C12H18N2O/c15-10-3-4-11-12(8-10)14-7-1-2-9(14)5-6-13-11/h1-2,7,10-13,15H,3-6,8H2. The minimum atomic E-state index is -0.110.